The number of nitrogens with zero attached hydrogens (tertiary/aromatic N) is 3. The van der Waals surface area contributed by atoms with Crippen molar-refractivity contribution in [1.29, 1.82) is 0 Å². The van der Waals surface area contributed by atoms with Gasteiger partial charge in [0.25, 0.3) is 0 Å². The maximum atomic E-state index is 5.81. The zero-order valence-corrected chi connectivity index (χ0v) is 14.2. The predicted octanol–water partition coefficient (Wildman–Crippen LogP) is 3.10. The fourth-order valence-corrected chi connectivity index (χ4v) is 2.98. The lowest BCUT2D eigenvalue weighted by atomic mass is 10.1. The number of hydrogen-bond donors (Lipinski definition) is 0. The Morgan fingerprint density at radius 2 is 1.91 bits per heavy atom. The lowest BCUT2D eigenvalue weighted by molar-refractivity contribution is 0.184. The van der Waals surface area contributed by atoms with Crippen LogP contribution in [0, 0.1) is 13.8 Å². The average Bonchev–Trinajstić information content (AvgIpc) is 2.91. The van der Waals surface area contributed by atoms with Crippen LogP contribution in [0.5, 0.6) is 5.75 Å². The molecule has 0 saturated carbocycles. The maximum Gasteiger partial charge on any atom is 0.191 e. The number of aromatic nitrogens is 3. The Kier molecular flexibility index (Phi) is 6.74. The van der Waals surface area contributed by atoms with E-state index in [2.05, 4.69) is 42.2 Å². The Balaban J connectivity index is 1.70. The second-order valence-electron chi connectivity index (χ2n) is 5.17. The van der Waals surface area contributed by atoms with Gasteiger partial charge in [-0.25, -0.2) is 0 Å². The number of methoxy groups -OCH3 is 1. The van der Waals surface area contributed by atoms with Crippen LogP contribution in [0.2, 0.25) is 0 Å². The first kappa shape index (κ1) is 16.8. The van der Waals surface area contributed by atoms with Gasteiger partial charge in [-0.05, 0) is 43.5 Å². The van der Waals surface area contributed by atoms with Crippen molar-refractivity contribution >= 4 is 11.8 Å². The summed E-state index contributed by atoms with van der Waals surface area (Å²) in [6, 6.07) is 6.29. The molecule has 0 amide bonds. The van der Waals surface area contributed by atoms with Gasteiger partial charge in [0, 0.05) is 19.4 Å². The molecular weight excluding hydrogens is 298 g/mol. The summed E-state index contributed by atoms with van der Waals surface area (Å²) in [5.41, 5.74) is 2.46. The quantitative estimate of drug-likeness (QED) is 0.525. The van der Waals surface area contributed by atoms with Gasteiger partial charge in [0.15, 0.2) is 5.16 Å². The van der Waals surface area contributed by atoms with Gasteiger partial charge in [-0.2, -0.15) is 0 Å². The second kappa shape index (κ2) is 8.80. The average molecular weight is 321 g/mol. The second-order valence-corrected chi connectivity index (χ2v) is 6.24. The third kappa shape index (κ3) is 5.35. The van der Waals surface area contributed by atoms with E-state index in [9.17, 15) is 0 Å². The van der Waals surface area contributed by atoms with Crippen LogP contribution in [-0.2, 0) is 11.3 Å². The molecule has 0 aliphatic carbocycles. The molecule has 0 spiro atoms. The molecule has 0 radical (unpaired) electrons. The van der Waals surface area contributed by atoms with Gasteiger partial charge in [-0.3, -0.25) is 0 Å². The summed E-state index contributed by atoms with van der Waals surface area (Å²) in [5, 5.41) is 9.01. The Morgan fingerprint density at radius 1 is 1.14 bits per heavy atom. The first-order chi connectivity index (χ1) is 10.7. The zero-order chi connectivity index (χ0) is 15.8. The van der Waals surface area contributed by atoms with Gasteiger partial charge in [-0.1, -0.05) is 17.8 Å². The van der Waals surface area contributed by atoms with Gasteiger partial charge >= 0.3 is 0 Å². The number of hydrogen-bond acceptors (Lipinski definition) is 5. The summed E-state index contributed by atoms with van der Waals surface area (Å²) in [6.07, 6.45) is 2.71. The molecule has 0 atom stereocenters. The number of aryl methyl sites for hydroxylation is 2. The highest BCUT2D eigenvalue weighted by Gasteiger charge is 2.04. The highest BCUT2D eigenvalue weighted by molar-refractivity contribution is 7.99. The third-order valence-electron chi connectivity index (χ3n) is 3.10. The van der Waals surface area contributed by atoms with Crippen molar-refractivity contribution in [3.8, 4) is 5.75 Å². The van der Waals surface area contributed by atoms with Gasteiger partial charge in [0.1, 0.15) is 12.1 Å². The highest BCUT2D eigenvalue weighted by Crippen LogP contribution is 2.18. The van der Waals surface area contributed by atoms with Gasteiger partial charge in [0.2, 0.25) is 0 Å². The van der Waals surface area contributed by atoms with Crippen LogP contribution in [0.25, 0.3) is 0 Å². The van der Waals surface area contributed by atoms with Crippen LogP contribution in [-0.4, -0.2) is 40.8 Å². The third-order valence-corrected chi connectivity index (χ3v) is 4.17. The minimum absolute atomic E-state index is 0.668. The molecule has 0 N–H and O–H groups in total. The van der Waals surface area contributed by atoms with Crippen molar-refractivity contribution in [3.63, 3.8) is 0 Å². The standard InChI is InChI=1S/C16H23N3O2S/c1-13-9-14(2)11-15(10-13)21-6-4-8-22-16-18-17-12-19(16)5-7-20-3/h9-12H,4-8H2,1-3H3. The molecule has 2 aromatic rings. The SMILES string of the molecule is COCCn1cnnc1SCCCOc1cc(C)cc(C)c1. The van der Waals surface area contributed by atoms with E-state index in [0.29, 0.717) is 13.2 Å². The molecular formula is C16H23N3O2S. The first-order valence-electron chi connectivity index (χ1n) is 7.39. The van der Waals surface area contributed by atoms with E-state index in [1.807, 2.05) is 4.57 Å². The Hall–Kier alpha value is -1.53. The van der Waals surface area contributed by atoms with E-state index < -0.39 is 0 Å². The van der Waals surface area contributed by atoms with Crippen LogP contribution in [0.1, 0.15) is 17.5 Å². The van der Waals surface area contributed by atoms with Crippen molar-refractivity contribution in [2.75, 3.05) is 26.1 Å². The summed E-state index contributed by atoms with van der Waals surface area (Å²) in [4.78, 5) is 0. The minimum Gasteiger partial charge on any atom is -0.494 e. The summed E-state index contributed by atoms with van der Waals surface area (Å²) < 4.78 is 12.9. The molecule has 0 bridgehead atoms. The smallest absolute Gasteiger partial charge is 0.191 e. The molecule has 0 aliphatic rings. The molecule has 1 heterocycles. The molecule has 0 aliphatic heterocycles. The van der Waals surface area contributed by atoms with E-state index in [4.69, 9.17) is 9.47 Å². The van der Waals surface area contributed by atoms with Crippen LogP contribution in [0.15, 0.2) is 29.7 Å². The molecule has 5 nitrogen and oxygen atoms in total. The van der Waals surface area contributed by atoms with Crippen molar-refractivity contribution in [3.05, 3.63) is 35.7 Å². The van der Waals surface area contributed by atoms with Crippen molar-refractivity contribution in [1.82, 2.24) is 14.8 Å². The number of benzene rings is 1. The maximum absolute atomic E-state index is 5.81. The summed E-state index contributed by atoms with van der Waals surface area (Å²) in [7, 11) is 1.70. The van der Waals surface area contributed by atoms with E-state index in [1.165, 1.54) is 11.1 Å². The molecule has 120 valence electrons. The van der Waals surface area contributed by atoms with Gasteiger partial charge in [0.05, 0.1) is 13.2 Å². The molecule has 0 unspecified atom stereocenters. The number of thioether (sulfide) groups is 1. The first-order valence-corrected chi connectivity index (χ1v) is 8.38. The van der Waals surface area contributed by atoms with Crippen molar-refractivity contribution in [2.24, 2.45) is 0 Å². The number of ether oxygens (including phenoxy) is 2. The Morgan fingerprint density at radius 3 is 2.64 bits per heavy atom. The monoisotopic (exact) mass is 321 g/mol. The lowest BCUT2D eigenvalue weighted by Crippen LogP contribution is -2.05. The summed E-state index contributed by atoms with van der Waals surface area (Å²) in [5.74, 6) is 1.90. The lowest BCUT2D eigenvalue weighted by Gasteiger charge is -2.08. The van der Waals surface area contributed by atoms with E-state index >= 15 is 0 Å². The van der Waals surface area contributed by atoms with E-state index in [1.54, 1.807) is 25.2 Å². The summed E-state index contributed by atoms with van der Waals surface area (Å²) >= 11 is 1.70. The van der Waals surface area contributed by atoms with Crippen molar-refractivity contribution in [2.45, 2.75) is 32.0 Å². The van der Waals surface area contributed by atoms with E-state index in [-0.39, 0.29) is 0 Å². The molecule has 0 saturated heterocycles. The Bertz CT molecular complexity index is 566. The summed E-state index contributed by atoms with van der Waals surface area (Å²) in [6.45, 7) is 6.33. The molecule has 2 rings (SSSR count). The zero-order valence-electron chi connectivity index (χ0n) is 13.4. The molecule has 1 aromatic carbocycles. The largest absolute Gasteiger partial charge is 0.494 e. The van der Waals surface area contributed by atoms with Gasteiger partial charge < -0.3 is 14.0 Å². The fourth-order valence-electron chi connectivity index (χ4n) is 2.13. The van der Waals surface area contributed by atoms with E-state index in [0.717, 1.165) is 29.6 Å². The molecule has 1 aromatic heterocycles. The normalized spacial score (nSPS) is 10.9. The van der Waals surface area contributed by atoms with Crippen molar-refractivity contribution < 1.29 is 9.47 Å². The topological polar surface area (TPSA) is 49.2 Å². The van der Waals surface area contributed by atoms with Crippen LogP contribution in [0.4, 0.5) is 0 Å². The van der Waals surface area contributed by atoms with Crippen LogP contribution in [0.3, 0.4) is 0 Å². The number of rotatable bonds is 9. The highest BCUT2D eigenvalue weighted by atomic mass is 32.2. The molecule has 22 heavy (non-hydrogen) atoms. The molecule has 6 heteroatoms. The van der Waals surface area contributed by atoms with Crippen LogP contribution >= 0.6 is 11.8 Å². The fraction of sp³-hybridized carbons (Fsp3) is 0.500. The predicted molar refractivity (Wildman–Crippen MR) is 88.7 cm³/mol. The molecule has 0 fully saturated rings. The van der Waals surface area contributed by atoms with Gasteiger partial charge in [-0.15, -0.1) is 10.2 Å². The van der Waals surface area contributed by atoms with Crippen LogP contribution < -0.4 is 4.74 Å². The minimum atomic E-state index is 0.668. The Labute approximate surface area is 136 Å².